The van der Waals surface area contributed by atoms with Crippen molar-refractivity contribution in [3.05, 3.63) is 65.5 Å². The number of aliphatic hydroxyl groups excluding tert-OH is 1. The van der Waals surface area contributed by atoms with Gasteiger partial charge < -0.3 is 5.11 Å². The molecule has 0 amide bonds. The Hall–Kier alpha value is -1.98. The second-order valence-corrected chi connectivity index (χ2v) is 7.77. The highest BCUT2D eigenvalue weighted by molar-refractivity contribution is 7.90. The van der Waals surface area contributed by atoms with Crippen LogP contribution in [0.5, 0.6) is 0 Å². The molecule has 0 spiro atoms. The van der Waals surface area contributed by atoms with Gasteiger partial charge in [0.05, 0.1) is 11.0 Å². The SMILES string of the molecule is CS(=O)(=O)c1ccc(C2=C(c3ccc(F)cc3)C(O)CC2)cc1. The fourth-order valence-electron chi connectivity index (χ4n) is 2.96. The number of halogens is 1. The van der Waals surface area contributed by atoms with Crippen molar-refractivity contribution in [3.63, 3.8) is 0 Å². The highest BCUT2D eigenvalue weighted by Crippen LogP contribution is 2.40. The fraction of sp³-hybridized carbons (Fsp3) is 0.222. The van der Waals surface area contributed by atoms with E-state index in [9.17, 15) is 17.9 Å². The molecule has 3 nitrogen and oxygen atoms in total. The molecule has 0 fully saturated rings. The second-order valence-electron chi connectivity index (χ2n) is 5.75. The maximum atomic E-state index is 13.1. The van der Waals surface area contributed by atoms with Crippen molar-refractivity contribution in [2.24, 2.45) is 0 Å². The summed E-state index contributed by atoms with van der Waals surface area (Å²) in [6.45, 7) is 0. The molecule has 23 heavy (non-hydrogen) atoms. The molecule has 2 aromatic rings. The van der Waals surface area contributed by atoms with Gasteiger partial charge in [0.2, 0.25) is 0 Å². The largest absolute Gasteiger partial charge is 0.388 e. The van der Waals surface area contributed by atoms with Crippen molar-refractivity contribution in [1.29, 1.82) is 0 Å². The van der Waals surface area contributed by atoms with E-state index in [0.717, 1.165) is 22.3 Å². The van der Waals surface area contributed by atoms with E-state index in [-0.39, 0.29) is 10.7 Å². The fourth-order valence-corrected chi connectivity index (χ4v) is 3.59. The van der Waals surface area contributed by atoms with Gasteiger partial charge >= 0.3 is 0 Å². The predicted molar refractivity (Wildman–Crippen MR) is 88.0 cm³/mol. The monoisotopic (exact) mass is 332 g/mol. The molecule has 120 valence electrons. The Kier molecular flexibility index (Phi) is 4.08. The first-order chi connectivity index (χ1) is 10.9. The molecular formula is C18H17FO3S. The van der Waals surface area contributed by atoms with Crippen LogP contribution in [0.25, 0.3) is 11.1 Å². The van der Waals surface area contributed by atoms with E-state index >= 15 is 0 Å². The maximum absolute atomic E-state index is 13.1. The van der Waals surface area contributed by atoms with Crippen LogP contribution >= 0.6 is 0 Å². The number of allylic oxidation sites excluding steroid dienone is 1. The van der Waals surface area contributed by atoms with Crippen molar-refractivity contribution in [2.45, 2.75) is 23.8 Å². The molecule has 0 radical (unpaired) electrons. The normalized spacial score (nSPS) is 18.5. The Morgan fingerprint density at radius 3 is 2.13 bits per heavy atom. The van der Waals surface area contributed by atoms with Gasteiger partial charge in [-0.1, -0.05) is 24.3 Å². The third-order valence-corrected chi connectivity index (χ3v) is 5.24. The smallest absolute Gasteiger partial charge is 0.175 e. The van der Waals surface area contributed by atoms with Crippen molar-refractivity contribution >= 4 is 21.0 Å². The first-order valence-electron chi connectivity index (χ1n) is 7.34. The van der Waals surface area contributed by atoms with Crippen LogP contribution in [0.4, 0.5) is 4.39 Å². The maximum Gasteiger partial charge on any atom is 0.175 e. The van der Waals surface area contributed by atoms with E-state index in [0.29, 0.717) is 12.8 Å². The van der Waals surface area contributed by atoms with Crippen LogP contribution in [-0.2, 0) is 9.84 Å². The van der Waals surface area contributed by atoms with Gasteiger partial charge in [-0.15, -0.1) is 0 Å². The van der Waals surface area contributed by atoms with Gasteiger partial charge in [0.15, 0.2) is 9.84 Å². The first-order valence-corrected chi connectivity index (χ1v) is 9.23. The lowest BCUT2D eigenvalue weighted by atomic mass is 9.96. The molecule has 5 heteroatoms. The Morgan fingerprint density at radius 2 is 1.57 bits per heavy atom. The molecular weight excluding hydrogens is 315 g/mol. The van der Waals surface area contributed by atoms with Crippen LogP contribution in [0.1, 0.15) is 24.0 Å². The minimum Gasteiger partial charge on any atom is -0.388 e. The van der Waals surface area contributed by atoms with E-state index < -0.39 is 15.9 Å². The summed E-state index contributed by atoms with van der Waals surface area (Å²) in [4.78, 5) is 0.267. The van der Waals surface area contributed by atoms with Crippen LogP contribution in [0.15, 0.2) is 53.4 Å². The number of aliphatic hydroxyl groups is 1. The number of benzene rings is 2. The van der Waals surface area contributed by atoms with Gasteiger partial charge in [-0.3, -0.25) is 0 Å². The molecule has 1 unspecified atom stereocenters. The molecule has 0 bridgehead atoms. The summed E-state index contributed by atoms with van der Waals surface area (Å²) < 4.78 is 36.2. The quantitative estimate of drug-likeness (QED) is 0.938. The Balaban J connectivity index is 2.06. The first kappa shape index (κ1) is 15.9. The molecule has 0 aromatic heterocycles. The van der Waals surface area contributed by atoms with E-state index in [4.69, 9.17) is 0 Å². The highest BCUT2D eigenvalue weighted by atomic mass is 32.2. The number of hydrogen-bond acceptors (Lipinski definition) is 3. The number of sulfone groups is 1. The van der Waals surface area contributed by atoms with E-state index in [1.165, 1.54) is 18.4 Å². The Labute approximate surface area is 135 Å². The zero-order valence-corrected chi connectivity index (χ0v) is 13.5. The summed E-state index contributed by atoms with van der Waals surface area (Å²) in [5.74, 6) is -0.319. The van der Waals surface area contributed by atoms with Gasteiger partial charge in [0, 0.05) is 6.26 Å². The van der Waals surface area contributed by atoms with E-state index in [1.807, 2.05) is 0 Å². The highest BCUT2D eigenvalue weighted by Gasteiger charge is 2.25. The summed E-state index contributed by atoms with van der Waals surface area (Å²) in [6, 6.07) is 12.7. The van der Waals surface area contributed by atoms with Crippen LogP contribution < -0.4 is 0 Å². The summed E-state index contributed by atoms with van der Waals surface area (Å²) in [7, 11) is -3.23. The van der Waals surface area contributed by atoms with Crippen molar-refractivity contribution in [1.82, 2.24) is 0 Å². The number of hydrogen-bond donors (Lipinski definition) is 1. The third-order valence-electron chi connectivity index (χ3n) is 4.11. The van der Waals surface area contributed by atoms with Crippen molar-refractivity contribution in [2.75, 3.05) is 6.26 Å². The van der Waals surface area contributed by atoms with Gasteiger partial charge in [0.25, 0.3) is 0 Å². The van der Waals surface area contributed by atoms with Crippen LogP contribution in [0.2, 0.25) is 0 Å². The average molecular weight is 332 g/mol. The van der Waals surface area contributed by atoms with E-state index in [2.05, 4.69) is 0 Å². The number of rotatable bonds is 3. The minimum absolute atomic E-state index is 0.267. The van der Waals surface area contributed by atoms with Crippen LogP contribution in [0.3, 0.4) is 0 Å². The molecule has 1 atom stereocenters. The lowest BCUT2D eigenvalue weighted by molar-refractivity contribution is 0.231. The van der Waals surface area contributed by atoms with Crippen molar-refractivity contribution < 1.29 is 17.9 Å². The lowest BCUT2D eigenvalue weighted by Gasteiger charge is -2.12. The molecule has 0 aliphatic heterocycles. The second kappa shape index (κ2) is 5.91. The summed E-state index contributed by atoms with van der Waals surface area (Å²) >= 11 is 0. The zero-order chi connectivity index (χ0) is 16.6. The molecule has 2 aromatic carbocycles. The molecule has 1 N–H and O–H groups in total. The van der Waals surface area contributed by atoms with Crippen LogP contribution in [-0.4, -0.2) is 25.9 Å². The van der Waals surface area contributed by atoms with Gasteiger partial charge in [-0.05, 0) is 59.4 Å². The van der Waals surface area contributed by atoms with Crippen LogP contribution in [0, 0.1) is 5.82 Å². The van der Waals surface area contributed by atoms with Gasteiger partial charge in [-0.25, -0.2) is 12.8 Å². The molecule has 1 aliphatic carbocycles. The Morgan fingerprint density at radius 1 is 1.00 bits per heavy atom. The summed E-state index contributed by atoms with van der Waals surface area (Å²) in [5.41, 5.74) is 3.44. The lowest BCUT2D eigenvalue weighted by Crippen LogP contribution is -2.04. The molecule has 0 saturated heterocycles. The summed E-state index contributed by atoms with van der Waals surface area (Å²) in [6.07, 6.45) is 1.89. The van der Waals surface area contributed by atoms with Gasteiger partial charge in [-0.2, -0.15) is 0 Å². The molecule has 1 aliphatic rings. The standard InChI is InChI=1S/C18H17FO3S/c1-23(21,22)15-8-4-12(5-9-15)16-10-11-17(20)18(16)13-2-6-14(19)7-3-13/h2-9,17,20H,10-11H2,1H3. The average Bonchev–Trinajstić information content (AvgIpc) is 2.89. The minimum atomic E-state index is -3.23. The summed E-state index contributed by atoms with van der Waals surface area (Å²) in [5, 5.41) is 10.3. The molecule has 0 saturated carbocycles. The third kappa shape index (κ3) is 3.21. The van der Waals surface area contributed by atoms with Gasteiger partial charge in [0.1, 0.15) is 5.82 Å². The molecule has 0 heterocycles. The van der Waals surface area contributed by atoms with E-state index in [1.54, 1.807) is 36.4 Å². The Bertz CT molecular complexity index is 850. The van der Waals surface area contributed by atoms with Crippen molar-refractivity contribution in [3.8, 4) is 0 Å². The molecule has 3 rings (SSSR count). The zero-order valence-electron chi connectivity index (χ0n) is 12.7. The predicted octanol–water partition coefficient (Wildman–Crippen LogP) is 3.29. The topological polar surface area (TPSA) is 54.4 Å².